The molecule has 0 aliphatic heterocycles. The van der Waals surface area contributed by atoms with E-state index in [2.05, 4.69) is 5.32 Å². The molecule has 2 unspecified atom stereocenters. The molecule has 2 atom stereocenters. The summed E-state index contributed by atoms with van der Waals surface area (Å²) in [5.74, 6) is 0.0611. The summed E-state index contributed by atoms with van der Waals surface area (Å²) in [5.41, 5.74) is 0.617. The van der Waals surface area contributed by atoms with Gasteiger partial charge in [0.1, 0.15) is 5.75 Å². The normalized spacial score (nSPS) is 13.3. The summed E-state index contributed by atoms with van der Waals surface area (Å²) < 4.78 is 0. The average Bonchev–Trinajstić information content (AvgIpc) is 2.55. The second kappa shape index (κ2) is 8.62. The van der Waals surface area contributed by atoms with Gasteiger partial charge in [0.25, 0.3) is 0 Å². The molecule has 7 heteroatoms. The lowest BCUT2D eigenvalue weighted by molar-refractivity contribution is -0.119. The van der Waals surface area contributed by atoms with Crippen LogP contribution < -0.4 is 5.32 Å². The van der Waals surface area contributed by atoms with Gasteiger partial charge in [-0.25, -0.2) is 0 Å². The summed E-state index contributed by atoms with van der Waals surface area (Å²) in [7, 11) is 0. The Morgan fingerprint density at radius 2 is 1.88 bits per heavy atom. The van der Waals surface area contributed by atoms with E-state index >= 15 is 0 Å². The number of carbonyl (C=O) groups excluding carboxylic acids is 1. The lowest BCUT2D eigenvalue weighted by Gasteiger charge is -2.20. The first-order chi connectivity index (χ1) is 11.4. The first kappa shape index (κ1) is 18.9. The van der Waals surface area contributed by atoms with E-state index in [1.807, 2.05) is 0 Å². The van der Waals surface area contributed by atoms with Crippen molar-refractivity contribution in [2.24, 2.45) is 0 Å². The fourth-order valence-electron chi connectivity index (χ4n) is 2.07. The molecule has 2 aromatic rings. The fourth-order valence-corrected chi connectivity index (χ4v) is 3.37. The maximum atomic E-state index is 12.1. The molecule has 2 rings (SSSR count). The highest BCUT2D eigenvalue weighted by Crippen LogP contribution is 2.29. The van der Waals surface area contributed by atoms with Crippen LogP contribution in [0.4, 0.5) is 0 Å². The summed E-state index contributed by atoms with van der Waals surface area (Å²) in [6, 6.07) is 10.8. The summed E-state index contributed by atoms with van der Waals surface area (Å²) in [4.78, 5) is 12.8. The van der Waals surface area contributed by atoms with E-state index in [0.717, 1.165) is 4.90 Å². The number of thioether (sulfide) groups is 1. The summed E-state index contributed by atoms with van der Waals surface area (Å²) in [6.07, 6.45) is -0.866. The largest absolute Gasteiger partial charge is 0.508 e. The predicted octanol–water partition coefficient (Wildman–Crippen LogP) is 4.03. The van der Waals surface area contributed by atoms with E-state index in [4.69, 9.17) is 23.2 Å². The van der Waals surface area contributed by atoms with Gasteiger partial charge in [-0.1, -0.05) is 35.3 Å². The van der Waals surface area contributed by atoms with Gasteiger partial charge in [0.2, 0.25) is 5.91 Å². The molecule has 0 aromatic heterocycles. The average molecular weight is 386 g/mol. The standard InChI is InChI=1S/C17H17Cl2NO3S/c1-10(17(23)11-2-5-13(21)6-3-11)20-16(22)9-24-15-8-12(18)4-7-14(15)19/h2-8,10,17,21,23H,9H2,1H3,(H,20,22). The molecule has 24 heavy (non-hydrogen) atoms. The third-order valence-electron chi connectivity index (χ3n) is 3.35. The number of phenols is 1. The highest BCUT2D eigenvalue weighted by molar-refractivity contribution is 8.00. The number of aromatic hydroxyl groups is 1. The Bertz CT molecular complexity index is 709. The van der Waals surface area contributed by atoms with Gasteiger partial charge in [-0.2, -0.15) is 0 Å². The molecule has 0 aliphatic rings. The zero-order valence-electron chi connectivity index (χ0n) is 12.9. The van der Waals surface area contributed by atoms with Crippen molar-refractivity contribution < 1.29 is 15.0 Å². The van der Waals surface area contributed by atoms with Crippen LogP contribution in [-0.4, -0.2) is 27.9 Å². The molecule has 0 saturated carbocycles. The Hall–Kier alpha value is -1.40. The number of halogens is 2. The zero-order chi connectivity index (χ0) is 17.7. The molecule has 0 fully saturated rings. The van der Waals surface area contributed by atoms with Gasteiger partial charge in [-0.15, -0.1) is 11.8 Å². The van der Waals surface area contributed by atoms with E-state index in [-0.39, 0.29) is 17.4 Å². The molecule has 3 N–H and O–H groups in total. The second-order valence-corrected chi connectivity index (χ2v) is 7.12. The van der Waals surface area contributed by atoms with E-state index in [1.54, 1.807) is 37.3 Å². The third kappa shape index (κ3) is 5.31. The summed E-state index contributed by atoms with van der Waals surface area (Å²) in [6.45, 7) is 1.71. The van der Waals surface area contributed by atoms with Gasteiger partial charge in [-0.05, 0) is 42.8 Å². The molecule has 1 amide bonds. The van der Waals surface area contributed by atoms with Crippen molar-refractivity contribution in [3.8, 4) is 5.75 Å². The van der Waals surface area contributed by atoms with E-state index in [9.17, 15) is 15.0 Å². The number of hydrogen-bond acceptors (Lipinski definition) is 4. The van der Waals surface area contributed by atoms with Crippen LogP contribution in [0.3, 0.4) is 0 Å². The Morgan fingerprint density at radius 1 is 1.21 bits per heavy atom. The number of carbonyl (C=O) groups is 1. The molecule has 0 aliphatic carbocycles. The van der Waals surface area contributed by atoms with E-state index in [1.165, 1.54) is 23.9 Å². The van der Waals surface area contributed by atoms with Crippen molar-refractivity contribution in [2.75, 3.05) is 5.75 Å². The zero-order valence-corrected chi connectivity index (χ0v) is 15.2. The SMILES string of the molecule is CC(NC(=O)CSc1cc(Cl)ccc1Cl)C(O)c1ccc(O)cc1. The summed E-state index contributed by atoms with van der Waals surface area (Å²) in [5, 5.41) is 23.4. The fraction of sp³-hybridized carbons (Fsp3) is 0.235. The molecule has 0 spiro atoms. The lowest BCUT2D eigenvalue weighted by Crippen LogP contribution is -2.38. The summed E-state index contributed by atoms with van der Waals surface area (Å²) >= 11 is 13.2. The number of nitrogens with one attached hydrogen (secondary N) is 1. The van der Waals surface area contributed by atoms with Crippen LogP contribution in [0.5, 0.6) is 5.75 Å². The van der Waals surface area contributed by atoms with Gasteiger partial charge in [-0.3, -0.25) is 4.79 Å². The minimum absolute atomic E-state index is 0.123. The predicted molar refractivity (Wildman–Crippen MR) is 97.9 cm³/mol. The third-order valence-corrected chi connectivity index (χ3v) is 5.08. The van der Waals surface area contributed by atoms with Gasteiger partial charge < -0.3 is 15.5 Å². The van der Waals surface area contributed by atoms with Crippen LogP contribution in [-0.2, 0) is 4.79 Å². The van der Waals surface area contributed by atoms with Crippen LogP contribution in [0.1, 0.15) is 18.6 Å². The van der Waals surface area contributed by atoms with Crippen molar-refractivity contribution in [3.63, 3.8) is 0 Å². The molecular formula is C17H17Cl2NO3S. The van der Waals surface area contributed by atoms with Crippen molar-refractivity contribution >= 4 is 40.9 Å². The van der Waals surface area contributed by atoms with Crippen LogP contribution in [0.25, 0.3) is 0 Å². The minimum Gasteiger partial charge on any atom is -0.508 e. The molecule has 0 heterocycles. The topological polar surface area (TPSA) is 69.6 Å². The molecule has 0 bridgehead atoms. The van der Waals surface area contributed by atoms with Crippen molar-refractivity contribution in [1.29, 1.82) is 0 Å². The van der Waals surface area contributed by atoms with Crippen LogP contribution in [0, 0.1) is 0 Å². The Kier molecular flexibility index (Phi) is 6.80. The molecule has 2 aromatic carbocycles. The molecule has 4 nitrogen and oxygen atoms in total. The Labute approximate surface area is 154 Å². The number of hydrogen-bond donors (Lipinski definition) is 3. The number of amides is 1. The highest BCUT2D eigenvalue weighted by Gasteiger charge is 2.18. The molecule has 0 saturated heterocycles. The van der Waals surface area contributed by atoms with Crippen LogP contribution in [0.15, 0.2) is 47.4 Å². The Morgan fingerprint density at radius 3 is 2.54 bits per heavy atom. The quantitative estimate of drug-likeness (QED) is 0.656. The lowest BCUT2D eigenvalue weighted by atomic mass is 10.0. The van der Waals surface area contributed by atoms with Gasteiger partial charge in [0, 0.05) is 9.92 Å². The number of phenolic OH excluding ortho intramolecular Hbond substituents is 1. The van der Waals surface area contributed by atoms with E-state index < -0.39 is 12.1 Å². The number of benzene rings is 2. The maximum absolute atomic E-state index is 12.1. The van der Waals surface area contributed by atoms with Crippen LogP contribution >= 0.6 is 35.0 Å². The number of aliphatic hydroxyl groups excluding tert-OH is 1. The minimum atomic E-state index is -0.866. The molecule has 0 radical (unpaired) electrons. The maximum Gasteiger partial charge on any atom is 0.230 e. The number of rotatable bonds is 6. The van der Waals surface area contributed by atoms with Crippen molar-refractivity contribution in [1.82, 2.24) is 5.32 Å². The first-order valence-electron chi connectivity index (χ1n) is 7.21. The van der Waals surface area contributed by atoms with Crippen LogP contribution in [0.2, 0.25) is 10.0 Å². The second-order valence-electron chi connectivity index (χ2n) is 5.26. The van der Waals surface area contributed by atoms with Gasteiger partial charge in [0.05, 0.1) is 22.9 Å². The number of aliphatic hydroxyl groups is 1. The van der Waals surface area contributed by atoms with Gasteiger partial charge in [0.15, 0.2) is 0 Å². The smallest absolute Gasteiger partial charge is 0.230 e. The first-order valence-corrected chi connectivity index (χ1v) is 8.95. The molecular weight excluding hydrogens is 369 g/mol. The van der Waals surface area contributed by atoms with E-state index in [0.29, 0.717) is 15.6 Å². The highest BCUT2D eigenvalue weighted by atomic mass is 35.5. The molecule has 128 valence electrons. The van der Waals surface area contributed by atoms with Gasteiger partial charge >= 0.3 is 0 Å². The van der Waals surface area contributed by atoms with Crippen molar-refractivity contribution in [3.05, 3.63) is 58.1 Å². The van der Waals surface area contributed by atoms with Crippen molar-refractivity contribution in [2.45, 2.75) is 24.0 Å². The Balaban J connectivity index is 1.89. The monoisotopic (exact) mass is 385 g/mol.